The highest BCUT2D eigenvalue weighted by atomic mass is 15.4. The molecular weight excluding hydrogens is 280 g/mol. The zero-order chi connectivity index (χ0) is 14.9. The Kier molecular flexibility index (Phi) is 2.92. The van der Waals surface area contributed by atoms with Crippen molar-refractivity contribution in [2.24, 2.45) is 0 Å². The first kappa shape index (κ1) is 12.7. The lowest BCUT2D eigenvalue weighted by atomic mass is 10.3. The van der Waals surface area contributed by atoms with Crippen LogP contribution in [0.1, 0.15) is 11.5 Å². The van der Waals surface area contributed by atoms with Gasteiger partial charge in [0.1, 0.15) is 18.0 Å². The Labute approximate surface area is 125 Å². The molecule has 1 N–H and O–H groups in total. The Morgan fingerprint density at radius 2 is 2.18 bits per heavy atom. The van der Waals surface area contributed by atoms with Crippen molar-refractivity contribution in [3.05, 3.63) is 48.3 Å². The summed E-state index contributed by atoms with van der Waals surface area (Å²) in [6.45, 7) is 2.65. The van der Waals surface area contributed by atoms with Crippen LogP contribution in [0.5, 0.6) is 0 Å². The quantitative estimate of drug-likeness (QED) is 0.607. The van der Waals surface area contributed by atoms with E-state index in [1.807, 2.05) is 41.8 Å². The van der Waals surface area contributed by atoms with Gasteiger partial charge in [-0.15, -0.1) is 10.2 Å². The molecule has 4 heterocycles. The number of aromatic nitrogens is 7. The van der Waals surface area contributed by atoms with E-state index in [4.69, 9.17) is 0 Å². The van der Waals surface area contributed by atoms with Crippen LogP contribution in [-0.4, -0.2) is 40.7 Å². The van der Waals surface area contributed by atoms with Gasteiger partial charge in [0.15, 0.2) is 5.65 Å². The van der Waals surface area contributed by atoms with E-state index >= 15 is 0 Å². The van der Waals surface area contributed by atoms with Gasteiger partial charge in [-0.2, -0.15) is 14.6 Å². The molecule has 0 radical (unpaired) electrons. The van der Waals surface area contributed by atoms with Crippen LogP contribution in [-0.2, 0) is 6.42 Å². The van der Waals surface area contributed by atoms with Gasteiger partial charge >= 0.3 is 0 Å². The van der Waals surface area contributed by atoms with Crippen LogP contribution in [0.4, 0.5) is 5.82 Å². The van der Waals surface area contributed by atoms with E-state index in [1.165, 1.54) is 6.33 Å². The van der Waals surface area contributed by atoms with Crippen molar-refractivity contribution >= 4 is 17.2 Å². The molecular formula is C14H14N8. The van der Waals surface area contributed by atoms with Crippen molar-refractivity contribution in [1.29, 1.82) is 0 Å². The lowest BCUT2D eigenvalue weighted by Crippen LogP contribution is -2.11. The number of aryl methyl sites for hydroxylation is 1. The first-order valence-corrected chi connectivity index (χ1v) is 7.01. The molecule has 8 heteroatoms. The Bertz CT molecular complexity index is 938. The van der Waals surface area contributed by atoms with Crippen LogP contribution < -0.4 is 5.32 Å². The summed E-state index contributed by atoms with van der Waals surface area (Å²) < 4.78 is 3.68. The summed E-state index contributed by atoms with van der Waals surface area (Å²) in [5.74, 6) is 2.38. The number of anilines is 1. The second-order valence-corrected chi connectivity index (χ2v) is 4.98. The van der Waals surface area contributed by atoms with Crippen LogP contribution in [0.25, 0.3) is 11.4 Å². The molecule has 4 rings (SSSR count). The number of hydrogen-bond acceptors (Lipinski definition) is 6. The number of rotatable bonds is 4. The lowest BCUT2D eigenvalue weighted by Gasteiger charge is -2.08. The topological polar surface area (TPSA) is 85.3 Å². The van der Waals surface area contributed by atoms with Crippen molar-refractivity contribution in [3.63, 3.8) is 0 Å². The maximum atomic E-state index is 4.32. The van der Waals surface area contributed by atoms with Gasteiger partial charge in [0, 0.05) is 30.9 Å². The lowest BCUT2D eigenvalue weighted by molar-refractivity contribution is 0.852. The molecule has 0 atom stereocenters. The number of pyridine rings is 1. The third kappa shape index (κ3) is 2.14. The molecule has 0 aromatic carbocycles. The Morgan fingerprint density at radius 3 is 3.14 bits per heavy atom. The third-order valence-electron chi connectivity index (χ3n) is 3.42. The van der Waals surface area contributed by atoms with Crippen molar-refractivity contribution in [1.82, 2.24) is 34.2 Å². The summed E-state index contributed by atoms with van der Waals surface area (Å²) in [4.78, 5) is 8.43. The van der Waals surface area contributed by atoms with E-state index in [9.17, 15) is 0 Å². The predicted molar refractivity (Wildman–Crippen MR) is 80.7 cm³/mol. The third-order valence-corrected chi connectivity index (χ3v) is 3.42. The molecule has 0 saturated heterocycles. The van der Waals surface area contributed by atoms with E-state index in [0.717, 1.165) is 29.4 Å². The van der Waals surface area contributed by atoms with E-state index in [0.29, 0.717) is 12.3 Å². The zero-order valence-corrected chi connectivity index (χ0v) is 12.0. The average molecular weight is 294 g/mol. The number of hydrogen-bond donors (Lipinski definition) is 1. The highest BCUT2D eigenvalue weighted by Gasteiger charge is 2.07. The summed E-state index contributed by atoms with van der Waals surface area (Å²) in [6, 6.07) is 7.81. The minimum Gasteiger partial charge on any atom is -0.369 e. The highest BCUT2D eigenvalue weighted by Crippen LogP contribution is 2.10. The van der Waals surface area contributed by atoms with Crippen LogP contribution in [0.3, 0.4) is 0 Å². The fraction of sp³-hybridized carbons (Fsp3) is 0.214. The fourth-order valence-corrected chi connectivity index (χ4v) is 2.42. The summed E-state index contributed by atoms with van der Waals surface area (Å²) in [6.07, 6.45) is 4.22. The second-order valence-electron chi connectivity index (χ2n) is 4.98. The first-order chi connectivity index (χ1) is 10.8. The van der Waals surface area contributed by atoms with Gasteiger partial charge in [0.05, 0.1) is 0 Å². The standard InChI is InChI=1S/C14H14N8/c1-10-8-13(22-14(18-10)16-9-17-22)15-6-5-12-20-19-11-4-2-3-7-21(11)12/h2-4,7-9,15H,5-6H2,1H3. The highest BCUT2D eigenvalue weighted by molar-refractivity contribution is 5.44. The van der Waals surface area contributed by atoms with E-state index in [1.54, 1.807) is 4.52 Å². The van der Waals surface area contributed by atoms with Crippen LogP contribution in [0.15, 0.2) is 36.8 Å². The largest absolute Gasteiger partial charge is 0.369 e. The van der Waals surface area contributed by atoms with Crippen molar-refractivity contribution in [2.45, 2.75) is 13.3 Å². The molecule has 0 fully saturated rings. The van der Waals surface area contributed by atoms with Gasteiger partial charge in [-0.3, -0.25) is 4.40 Å². The maximum absolute atomic E-state index is 4.32. The van der Waals surface area contributed by atoms with Gasteiger partial charge in [-0.05, 0) is 19.1 Å². The summed E-state index contributed by atoms with van der Waals surface area (Å²) in [7, 11) is 0. The molecule has 0 aliphatic carbocycles. The molecule has 110 valence electrons. The molecule has 0 amide bonds. The van der Waals surface area contributed by atoms with E-state index in [-0.39, 0.29) is 0 Å². The zero-order valence-electron chi connectivity index (χ0n) is 12.0. The minimum atomic E-state index is 0.593. The number of nitrogens with one attached hydrogen (secondary N) is 1. The van der Waals surface area contributed by atoms with Crippen LogP contribution >= 0.6 is 0 Å². The number of nitrogens with zero attached hydrogens (tertiary/aromatic N) is 7. The van der Waals surface area contributed by atoms with Crippen molar-refractivity contribution < 1.29 is 0 Å². The van der Waals surface area contributed by atoms with Crippen LogP contribution in [0.2, 0.25) is 0 Å². The van der Waals surface area contributed by atoms with Crippen LogP contribution in [0, 0.1) is 6.92 Å². The summed E-state index contributed by atoms with van der Waals surface area (Å²) in [5.41, 5.74) is 1.76. The van der Waals surface area contributed by atoms with E-state index in [2.05, 4.69) is 30.6 Å². The Balaban J connectivity index is 1.54. The SMILES string of the molecule is Cc1cc(NCCc2nnc3ccccn23)n2ncnc2n1. The average Bonchev–Trinajstić information content (AvgIpc) is 3.14. The molecule has 0 aliphatic rings. The molecule has 4 aromatic heterocycles. The van der Waals surface area contributed by atoms with Gasteiger partial charge in [-0.1, -0.05) is 6.07 Å². The Morgan fingerprint density at radius 1 is 1.23 bits per heavy atom. The molecule has 0 saturated carbocycles. The number of fused-ring (bicyclic) bond motifs is 2. The smallest absolute Gasteiger partial charge is 0.254 e. The normalized spacial score (nSPS) is 11.3. The molecule has 0 aliphatic heterocycles. The summed E-state index contributed by atoms with van der Waals surface area (Å²) >= 11 is 0. The minimum absolute atomic E-state index is 0.593. The monoisotopic (exact) mass is 294 g/mol. The molecule has 22 heavy (non-hydrogen) atoms. The van der Waals surface area contributed by atoms with Gasteiger partial charge in [0.2, 0.25) is 0 Å². The molecule has 0 bridgehead atoms. The van der Waals surface area contributed by atoms with Gasteiger partial charge in [0.25, 0.3) is 5.78 Å². The molecule has 8 nitrogen and oxygen atoms in total. The van der Waals surface area contributed by atoms with Gasteiger partial charge < -0.3 is 5.32 Å². The molecule has 0 spiro atoms. The Hall–Kier alpha value is -3.03. The van der Waals surface area contributed by atoms with Gasteiger partial charge in [-0.25, -0.2) is 4.98 Å². The van der Waals surface area contributed by atoms with Crippen molar-refractivity contribution in [3.8, 4) is 0 Å². The molecule has 0 unspecified atom stereocenters. The maximum Gasteiger partial charge on any atom is 0.254 e. The summed E-state index contributed by atoms with van der Waals surface area (Å²) in [5, 5.41) is 15.9. The molecule has 4 aromatic rings. The first-order valence-electron chi connectivity index (χ1n) is 7.01. The predicted octanol–water partition coefficient (Wildman–Crippen LogP) is 1.13. The second kappa shape index (κ2) is 5.06. The van der Waals surface area contributed by atoms with Crippen molar-refractivity contribution in [2.75, 3.05) is 11.9 Å². The van der Waals surface area contributed by atoms with E-state index < -0.39 is 0 Å². The fourth-order valence-electron chi connectivity index (χ4n) is 2.42.